The highest BCUT2D eigenvalue weighted by molar-refractivity contribution is 6.04. The molecule has 1 aliphatic rings. The van der Waals surface area contributed by atoms with Crippen LogP contribution in [-0.2, 0) is 16.1 Å². The topological polar surface area (TPSA) is 78.1 Å². The number of hydrogen-bond donors (Lipinski definition) is 1. The number of aromatic nitrogens is 1. The van der Waals surface area contributed by atoms with E-state index in [1.807, 2.05) is 48.9 Å². The lowest BCUT2D eigenvalue weighted by atomic mass is 10.1. The Bertz CT molecular complexity index is 987. The van der Waals surface area contributed by atoms with E-state index in [1.165, 1.54) is 12.8 Å². The summed E-state index contributed by atoms with van der Waals surface area (Å²) in [5, 5.41) is 13.6. The standard InChI is InChI=1S/C25H32N4O2/c1-3-28(4-2)24(30)18-29-17-20(22-13-9-10-14-23(22)29)15-19(16-26)25(31)27-21-11-7-5-6-8-12-21/h9-10,13-15,17,21H,3-8,11-12,18H2,1-2H3,(H,27,31). The summed E-state index contributed by atoms with van der Waals surface area (Å²) < 4.78 is 1.90. The lowest BCUT2D eigenvalue weighted by Gasteiger charge is -2.19. The maximum atomic E-state index is 12.8. The molecule has 1 aromatic carbocycles. The van der Waals surface area contributed by atoms with Gasteiger partial charge in [0.1, 0.15) is 18.2 Å². The Kier molecular flexibility index (Phi) is 7.88. The van der Waals surface area contributed by atoms with Crippen LogP contribution in [0.25, 0.3) is 17.0 Å². The molecule has 1 fully saturated rings. The van der Waals surface area contributed by atoms with Gasteiger partial charge < -0.3 is 14.8 Å². The van der Waals surface area contributed by atoms with Crippen molar-refractivity contribution in [3.63, 3.8) is 0 Å². The van der Waals surface area contributed by atoms with Crippen LogP contribution >= 0.6 is 0 Å². The minimum atomic E-state index is -0.314. The van der Waals surface area contributed by atoms with E-state index in [0.717, 1.165) is 42.1 Å². The molecule has 0 radical (unpaired) electrons. The van der Waals surface area contributed by atoms with Crippen molar-refractivity contribution in [3.8, 4) is 6.07 Å². The van der Waals surface area contributed by atoms with Crippen LogP contribution in [0.3, 0.4) is 0 Å². The van der Waals surface area contributed by atoms with Crippen molar-refractivity contribution in [2.24, 2.45) is 0 Å². The number of fused-ring (bicyclic) bond motifs is 1. The van der Waals surface area contributed by atoms with Crippen LogP contribution in [0.1, 0.15) is 57.9 Å². The molecule has 0 aliphatic heterocycles. The molecule has 1 aromatic heterocycles. The lowest BCUT2D eigenvalue weighted by Crippen LogP contribution is -2.35. The number of carbonyl (C=O) groups is 2. The molecule has 0 saturated heterocycles. The number of hydrogen-bond acceptors (Lipinski definition) is 3. The molecule has 0 atom stereocenters. The lowest BCUT2D eigenvalue weighted by molar-refractivity contribution is -0.131. The molecule has 164 valence electrons. The van der Waals surface area contributed by atoms with Crippen LogP contribution in [0.2, 0.25) is 0 Å². The minimum Gasteiger partial charge on any atom is -0.349 e. The van der Waals surface area contributed by atoms with Crippen LogP contribution < -0.4 is 5.32 Å². The predicted molar refractivity (Wildman–Crippen MR) is 123 cm³/mol. The Morgan fingerprint density at radius 1 is 1.16 bits per heavy atom. The first-order chi connectivity index (χ1) is 15.1. The minimum absolute atomic E-state index is 0.0490. The molecule has 31 heavy (non-hydrogen) atoms. The molecule has 0 spiro atoms. The summed E-state index contributed by atoms with van der Waals surface area (Å²) in [5.74, 6) is -0.265. The summed E-state index contributed by atoms with van der Waals surface area (Å²) in [6.45, 7) is 5.50. The largest absolute Gasteiger partial charge is 0.349 e. The number of likely N-dealkylation sites (N-methyl/N-ethyl adjacent to an activating group) is 1. The first-order valence-corrected chi connectivity index (χ1v) is 11.4. The molecule has 1 aliphatic carbocycles. The number of carbonyl (C=O) groups excluding carboxylic acids is 2. The van der Waals surface area contributed by atoms with Gasteiger partial charge in [0.05, 0.1) is 0 Å². The third-order valence-corrected chi connectivity index (χ3v) is 6.10. The first kappa shape index (κ1) is 22.6. The molecule has 0 unspecified atom stereocenters. The normalized spacial score (nSPS) is 15.3. The molecule has 3 rings (SSSR count). The maximum absolute atomic E-state index is 12.8. The summed E-state index contributed by atoms with van der Waals surface area (Å²) in [6, 6.07) is 9.98. The summed E-state index contributed by atoms with van der Waals surface area (Å²) in [6.07, 6.45) is 10.1. The maximum Gasteiger partial charge on any atom is 0.262 e. The average Bonchev–Trinajstić information content (AvgIpc) is 2.92. The summed E-state index contributed by atoms with van der Waals surface area (Å²) >= 11 is 0. The zero-order valence-electron chi connectivity index (χ0n) is 18.6. The Morgan fingerprint density at radius 3 is 2.48 bits per heavy atom. The summed E-state index contributed by atoms with van der Waals surface area (Å²) in [4.78, 5) is 27.2. The van der Waals surface area contributed by atoms with Crippen LogP contribution in [0.5, 0.6) is 0 Å². The van der Waals surface area contributed by atoms with Gasteiger partial charge in [-0.1, -0.05) is 43.9 Å². The molecular weight excluding hydrogens is 388 g/mol. The van der Waals surface area contributed by atoms with Gasteiger partial charge in [-0.15, -0.1) is 0 Å². The van der Waals surface area contributed by atoms with E-state index in [4.69, 9.17) is 0 Å². The monoisotopic (exact) mass is 420 g/mol. The fraction of sp³-hybridized carbons (Fsp3) is 0.480. The van der Waals surface area contributed by atoms with Crippen LogP contribution in [0, 0.1) is 11.3 Å². The van der Waals surface area contributed by atoms with E-state index in [9.17, 15) is 14.9 Å². The van der Waals surface area contributed by atoms with Gasteiger partial charge in [-0.05, 0) is 38.8 Å². The zero-order valence-corrected chi connectivity index (χ0v) is 18.6. The molecule has 1 N–H and O–H groups in total. The number of benzene rings is 1. The van der Waals surface area contributed by atoms with Crippen LogP contribution in [0.15, 0.2) is 36.0 Å². The van der Waals surface area contributed by atoms with E-state index in [1.54, 1.807) is 11.0 Å². The number of nitrogens with zero attached hydrogens (tertiary/aromatic N) is 3. The van der Waals surface area contributed by atoms with Crippen molar-refractivity contribution >= 4 is 28.8 Å². The van der Waals surface area contributed by atoms with Gasteiger partial charge in [-0.25, -0.2) is 0 Å². The summed E-state index contributed by atoms with van der Waals surface area (Å²) in [5.41, 5.74) is 1.79. The number of nitrogens with one attached hydrogen (secondary N) is 1. The van der Waals surface area contributed by atoms with Gasteiger partial charge >= 0.3 is 0 Å². The fourth-order valence-corrected chi connectivity index (χ4v) is 4.33. The van der Waals surface area contributed by atoms with Gasteiger partial charge in [-0.3, -0.25) is 9.59 Å². The van der Waals surface area contributed by atoms with Crippen LogP contribution in [-0.4, -0.2) is 40.4 Å². The quantitative estimate of drug-likeness (QED) is 0.413. The SMILES string of the molecule is CCN(CC)C(=O)Cn1cc(C=C(C#N)C(=O)NC2CCCCCC2)c2ccccc21. The van der Waals surface area contributed by atoms with Gasteiger partial charge in [0.25, 0.3) is 5.91 Å². The predicted octanol–water partition coefficient (Wildman–Crippen LogP) is 4.26. The Labute approximate surface area is 184 Å². The van der Waals surface area contributed by atoms with E-state index >= 15 is 0 Å². The van der Waals surface area contributed by atoms with Crippen molar-refractivity contribution in [1.29, 1.82) is 5.26 Å². The van der Waals surface area contributed by atoms with E-state index in [2.05, 4.69) is 11.4 Å². The molecule has 6 heteroatoms. The molecule has 1 heterocycles. The van der Waals surface area contributed by atoms with Gasteiger partial charge in [0.15, 0.2) is 0 Å². The Balaban J connectivity index is 1.86. The third kappa shape index (κ3) is 5.55. The van der Waals surface area contributed by atoms with Gasteiger partial charge in [0, 0.05) is 41.8 Å². The molecule has 2 amide bonds. The van der Waals surface area contributed by atoms with Crippen molar-refractivity contribution in [1.82, 2.24) is 14.8 Å². The number of rotatable bonds is 7. The molecule has 6 nitrogen and oxygen atoms in total. The van der Waals surface area contributed by atoms with Gasteiger partial charge in [-0.2, -0.15) is 5.26 Å². The number of amides is 2. The smallest absolute Gasteiger partial charge is 0.262 e. The van der Waals surface area contributed by atoms with Crippen molar-refractivity contribution in [2.45, 2.75) is 65.0 Å². The highest BCUT2D eigenvalue weighted by atomic mass is 16.2. The highest BCUT2D eigenvalue weighted by Gasteiger charge is 2.19. The second-order valence-electron chi connectivity index (χ2n) is 8.13. The molecule has 1 saturated carbocycles. The van der Waals surface area contributed by atoms with Crippen molar-refractivity contribution < 1.29 is 9.59 Å². The summed E-state index contributed by atoms with van der Waals surface area (Å²) in [7, 11) is 0. The van der Waals surface area contributed by atoms with Crippen molar-refractivity contribution in [3.05, 3.63) is 41.6 Å². The van der Waals surface area contributed by atoms with E-state index < -0.39 is 0 Å². The Morgan fingerprint density at radius 2 is 1.84 bits per heavy atom. The Hall–Kier alpha value is -3.07. The second kappa shape index (κ2) is 10.8. The van der Waals surface area contributed by atoms with Crippen LogP contribution in [0.4, 0.5) is 0 Å². The highest BCUT2D eigenvalue weighted by Crippen LogP contribution is 2.24. The van der Waals surface area contributed by atoms with Gasteiger partial charge in [0.2, 0.25) is 5.91 Å². The molecule has 0 bridgehead atoms. The molecule has 2 aromatic rings. The molecular formula is C25H32N4O2. The van der Waals surface area contributed by atoms with Crippen molar-refractivity contribution in [2.75, 3.05) is 13.1 Å². The number of nitriles is 1. The number of para-hydroxylation sites is 1. The first-order valence-electron chi connectivity index (χ1n) is 11.4. The zero-order chi connectivity index (χ0) is 22.2. The van der Waals surface area contributed by atoms with E-state index in [0.29, 0.717) is 13.1 Å². The third-order valence-electron chi connectivity index (χ3n) is 6.10. The van der Waals surface area contributed by atoms with E-state index in [-0.39, 0.29) is 30.0 Å². The fourth-order valence-electron chi connectivity index (χ4n) is 4.33. The second-order valence-corrected chi connectivity index (χ2v) is 8.13. The average molecular weight is 421 g/mol.